The Labute approximate surface area is 139 Å². The Morgan fingerprint density at radius 3 is 2.71 bits per heavy atom. The van der Waals surface area contributed by atoms with Crippen LogP contribution in [0, 0.1) is 12.3 Å². The summed E-state index contributed by atoms with van der Waals surface area (Å²) in [5, 5.41) is 0.620. The van der Waals surface area contributed by atoms with E-state index >= 15 is 0 Å². The van der Waals surface area contributed by atoms with Crippen LogP contribution in [0.25, 0.3) is 10.9 Å². The topological polar surface area (TPSA) is 74.7 Å². The van der Waals surface area contributed by atoms with E-state index in [-0.39, 0.29) is 6.61 Å². The second kappa shape index (κ2) is 5.78. The smallest absolute Gasteiger partial charge is 0.348 e. The van der Waals surface area contributed by atoms with Gasteiger partial charge < -0.3 is 14.2 Å². The lowest BCUT2D eigenvalue weighted by Crippen LogP contribution is -2.35. The van der Waals surface area contributed by atoms with Crippen molar-refractivity contribution in [1.82, 2.24) is 4.98 Å². The third kappa shape index (κ3) is 2.79. The number of pyridine rings is 1. The quantitative estimate of drug-likeness (QED) is 0.806. The second-order valence-corrected chi connectivity index (χ2v) is 6.58. The van der Waals surface area contributed by atoms with Crippen molar-refractivity contribution in [2.45, 2.75) is 26.9 Å². The molecule has 1 atom stereocenters. The third-order valence-electron chi connectivity index (χ3n) is 4.10. The average molecular weight is 329 g/mol. The van der Waals surface area contributed by atoms with E-state index in [0.29, 0.717) is 27.9 Å². The summed E-state index contributed by atoms with van der Waals surface area (Å²) in [6, 6.07) is 6.95. The normalized spacial score (nSPS) is 19.2. The molecule has 6 nitrogen and oxygen atoms in total. The van der Waals surface area contributed by atoms with Crippen molar-refractivity contribution in [1.29, 1.82) is 0 Å². The van der Waals surface area contributed by atoms with Crippen molar-refractivity contribution in [3.8, 4) is 5.75 Å². The van der Waals surface area contributed by atoms with Crippen molar-refractivity contribution >= 4 is 22.8 Å². The number of ether oxygens (including phenoxy) is 3. The van der Waals surface area contributed by atoms with E-state index in [1.807, 2.05) is 13.8 Å². The number of benzene rings is 1. The molecule has 126 valence electrons. The van der Waals surface area contributed by atoms with Crippen LogP contribution in [0.5, 0.6) is 5.75 Å². The Balaban J connectivity index is 2.01. The van der Waals surface area contributed by atoms with Crippen LogP contribution in [0.4, 0.5) is 0 Å². The van der Waals surface area contributed by atoms with E-state index in [1.54, 1.807) is 38.3 Å². The molecule has 2 heterocycles. The Morgan fingerprint density at radius 2 is 2.08 bits per heavy atom. The molecule has 1 aliphatic rings. The van der Waals surface area contributed by atoms with Gasteiger partial charge in [-0.15, -0.1) is 0 Å². The van der Waals surface area contributed by atoms with Crippen molar-refractivity contribution in [3.63, 3.8) is 0 Å². The van der Waals surface area contributed by atoms with Gasteiger partial charge in [0.1, 0.15) is 12.4 Å². The summed E-state index contributed by atoms with van der Waals surface area (Å²) in [4.78, 5) is 29.0. The predicted molar refractivity (Wildman–Crippen MR) is 87.0 cm³/mol. The van der Waals surface area contributed by atoms with Crippen LogP contribution in [-0.4, -0.2) is 36.7 Å². The number of methoxy groups -OCH3 is 1. The molecule has 1 aliphatic heterocycles. The maximum absolute atomic E-state index is 12.7. The highest BCUT2D eigenvalue weighted by Gasteiger charge is 2.46. The van der Waals surface area contributed by atoms with Crippen molar-refractivity contribution in [2.75, 3.05) is 13.7 Å². The summed E-state index contributed by atoms with van der Waals surface area (Å²) < 4.78 is 15.7. The van der Waals surface area contributed by atoms with Gasteiger partial charge in [-0.05, 0) is 31.2 Å². The van der Waals surface area contributed by atoms with Gasteiger partial charge in [-0.2, -0.15) is 0 Å². The number of hydrogen-bond donors (Lipinski definition) is 0. The number of hydrogen-bond acceptors (Lipinski definition) is 6. The molecule has 0 bridgehead atoms. The van der Waals surface area contributed by atoms with Gasteiger partial charge in [0.15, 0.2) is 0 Å². The van der Waals surface area contributed by atoms with Gasteiger partial charge in [0.2, 0.25) is 6.10 Å². The molecule has 0 spiro atoms. The first-order valence-corrected chi connectivity index (χ1v) is 7.65. The maximum atomic E-state index is 12.7. The molecule has 1 fully saturated rings. The second-order valence-electron chi connectivity index (χ2n) is 6.58. The van der Waals surface area contributed by atoms with Crippen molar-refractivity contribution in [3.05, 3.63) is 35.5 Å². The average Bonchev–Trinajstić information content (AvgIpc) is 2.80. The van der Waals surface area contributed by atoms with Gasteiger partial charge in [0.05, 0.1) is 18.2 Å². The van der Waals surface area contributed by atoms with E-state index in [1.165, 1.54) is 0 Å². The zero-order valence-corrected chi connectivity index (χ0v) is 14.1. The molecule has 6 heteroatoms. The summed E-state index contributed by atoms with van der Waals surface area (Å²) in [5.41, 5.74) is 1.15. The molecular weight excluding hydrogens is 310 g/mol. The Morgan fingerprint density at radius 1 is 1.33 bits per heavy atom. The molecule has 0 radical (unpaired) electrons. The highest BCUT2D eigenvalue weighted by Crippen LogP contribution is 2.32. The number of cyclic esters (lactones) is 1. The van der Waals surface area contributed by atoms with Gasteiger partial charge in [-0.1, -0.05) is 13.8 Å². The van der Waals surface area contributed by atoms with Gasteiger partial charge >= 0.3 is 11.9 Å². The zero-order chi connectivity index (χ0) is 17.5. The van der Waals surface area contributed by atoms with Crippen LogP contribution in [0.2, 0.25) is 0 Å². The minimum Gasteiger partial charge on any atom is -0.497 e. The highest BCUT2D eigenvalue weighted by atomic mass is 16.6. The fourth-order valence-electron chi connectivity index (χ4n) is 2.74. The zero-order valence-electron chi connectivity index (χ0n) is 14.1. The van der Waals surface area contributed by atoms with E-state index in [2.05, 4.69) is 4.98 Å². The molecule has 0 saturated carbocycles. The predicted octanol–water partition coefficient (Wildman–Crippen LogP) is 2.66. The Bertz CT molecular complexity index is 828. The van der Waals surface area contributed by atoms with E-state index in [9.17, 15) is 9.59 Å². The van der Waals surface area contributed by atoms with E-state index in [4.69, 9.17) is 14.2 Å². The third-order valence-corrected chi connectivity index (χ3v) is 4.10. The fourth-order valence-corrected chi connectivity index (χ4v) is 2.74. The number of esters is 2. The first-order valence-electron chi connectivity index (χ1n) is 7.65. The van der Waals surface area contributed by atoms with Crippen LogP contribution < -0.4 is 4.74 Å². The fraction of sp³-hybridized carbons (Fsp3) is 0.389. The number of carbonyl (C=O) groups is 2. The van der Waals surface area contributed by atoms with Crippen LogP contribution in [0.15, 0.2) is 24.3 Å². The molecule has 0 amide bonds. The molecule has 0 unspecified atom stereocenters. The van der Waals surface area contributed by atoms with Crippen LogP contribution in [-0.2, 0) is 14.3 Å². The summed E-state index contributed by atoms with van der Waals surface area (Å²) in [5.74, 6) is -0.473. The summed E-state index contributed by atoms with van der Waals surface area (Å²) in [6.07, 6.45) is -0.917. The van der Waals surface area contributed by atoms with Gasteiger partial charge in [0, 0.05) is 16.5 Å². The van der Waals surface area contributed by atoms with Crippen LogP contribution in [0.1, 0.15) is 29.9 Å². The van der Waals surface area contributed by atoms with Gasteiger partial charge in [-0.3, -0.25) is 4.98 Å². The number of fused-ring (bicyclic) bond motifs is 1. The monoisotopic (exact) mass is 329 g/mol. The first-order chi connectivity index (χ1) is 11.3. The molecule has 0 N–H and O–H groups in total. The molecule has 1 saturated heterocycles. The molecule has 3 rings (SSSR count). The number of aryl methyl sites for hydroxylation is 1. The van der Waals surface area contributed by atoms with Gasteiger partial charge in [0.25, 0.3) is 0 Å². The summed E-state index contributed by atoms with van der Waals surface area (Å²) >= 11 is 0. The minimum atomic E-state index is -0.917. The number of aromatic nitrogens is 1. The lowest BCUT2D eigenvalue weighted by molar-refractivity contribution is -0.145. The van der Waals surface area contributed by atoms with Crippen LogP contribution in [0.3, 0.4) is 0 Å². The van der Waals surface area contributed by atoms with Gasteiger partial charge in [-0.25, -0.2) is 9.59 Å². The molecular formula is C18H19NO5. The minimum absolute atomic E-state index is 0.230. The number of nitrogens with zero attached hydrogens (tertiary/aromatic N) is 1. The standard InChI is InChI=1S/C18H19NO5/c1-10-7-13(12-8-11(22-4)5-6-14(12)19-10)16(20)24-15-17(21)23-9-18(15,2)3/h5-8,15H,9H2,1-4H3/t15-/m0/s1. The Kier molecular flexibility index (Phi) is 3.91. The SMILES string of the molecule is COc1ccc2nc(C)cc(C(=O)O[C@H]3C(=O)OCC3(C)C)c2c1. The lowest BCUT2D eigenvalue weighted by atomic mass is 9.90. The van der Waals surface area contributed by atoms with Crippen molar-refractivity contribution < 1.29 is 23.8 Å². The van der Waals surface area contributed by atoms with Crippen LogP contribution >= 0.6 is 0 Å². The van der Waals surface area contributed by atoms with E-state index < -0.39 is 23.5 Å². The number of rotatable bonds is 3. The molecule has 0 aliphatic carbocycles. The van der Waals surface area contributed by atoms with E-state index in [0.717, 1.165) is 0 Å². The molecule has 24 heavy (non-hydrogen) atoms. The highest BCUT2D eigenvalue weighted by molar-refractivity contribution is 6.04. The molecule has 1 aromatic heterocycles. The summed E-state index contributed by atoms with van der Waals surface area (Å²) in [7, 11) is 1.55. The molecule has 2 aromatic rings. The Hall–Kier alpha value is -2.63. The lowest BCUT2D eigenvalue weighted by Gasteiger charge is -2.22. The maximum Gasteiger partial charge on any atom is 0.348 e. The largest absolute Gasteiger partial charge is 0.497 e. The first kappa shape index (κ1) is 16.2. The molecule has 1 aromatic carbocycles. The van der Waals surface area contributed by atoms with Crippen molar-refractivity contribution in [2.24, 2.45) is 5.41 Å². The summed E-state index contributed by atoms with van der Waals surface area (Å²) in [6.45, 7) is 5.69. The number of carbonyl (C=O) groups excluding carboxylic acids is 2.